The molecular weight excluding hydrogens is 468 g/mol. The SMILES string of the molecule is O=C(C[C@]1(c2ccc(-c3cccc(NC(=O)C4CC4)c3)s2)CCCCS1)NOC1CCCCO1. The predicted octanol–water partition coefficient (Wildman–Crippen LogP) is 5.84. The Bertz CT molecular complexity index is 1010. The summed E-state index contributed by atoms with van der Waals surface area (Å²) in [7, 11) is 0. The van der Waals surface area contributed by atoms with E-state index in [4.69, 9.17) is 9.57 Å². The summed E-state index contributed by atoms with van der Waals surface area (Å²) in [6, 6.07) is 12.4. The summed E-state index contributed by atoms with van der Waals surface area (Å²) in [5, 5.41) is 3.04. The fraction of sp³-hybridized carbons (Fsp3) is 0.538. The van der Waals surface area contributed by atoms with Crippen LogP contribution in [0.5, 0.6) is 0 Å². The maximum Gasteiger partial charge on any atom is 0.245 e. The van der Waals surface area contributed by atoms with E-state index < -0.39 is 0 Å². The molecule has 1 saturated carbocycles. The molecule has 2 atom stereocenters. The maximum atomic E-state index is 12.9. The van der Waals surface area contributed by atoms with E-state index in [-0.39, 0.29) is 28.8 Å². The first-order chi connectivity index (χ1) is 16.6. The molecular formula is C26H32N2O4S2. The molecule has 34 heavy (non-hydrogen) atoms. The molecule has 0 spiro atoms. The third kappa shape index (κ3) is 5.85. The van der Waals surface area contributed by atoms with Crippen LogP contribution in [-0.4, -0.2) is 30.5 Å². The Labute approximate surface area is 209 Å². The topological polar surface area (TPSA) is 76.7 Å². The minimum atomic E-state index is -0.339. The Morgan fingerprint density at radius 3 is 2.76 bits per heavy atom. The van der Waals surface area contributed by atoms with Crippen LogP contribution in [0.25, 0.3) is 10.4 Å². The highest BCUT2D eigenvalue weighted by Gasteiger charge is 2.38. The number of amides is 2. The van der Waals surface area contributed by atoms with Gasteiger partial charge in [0.15, 0.2) is 6.29 Å². The number of carbonyl (C=O) groups is 2. The summed E-state index contributed by atoms with van der Waals surface area (Å²) < 4.78 is 5.33. The average molecular weight is 501 g/mol. The van der Waals surface area contributed by atoms with Crippen molar-refractivity contribution in [3.8, 4) is 10.4 Å². The van der Waals surface area contributed by atoms with Gasteiger partial charge in [-0.3, -0.25) is 9.59 Å². The number of ether oxygens (including phenoxy) is 1. The highest BCUT2D eigenvalue weighted by molar-refractivity contribution is 8.00. The molecule has 182 valence electrons. The molecule has 6 nitrogen and oxygen atoms in total. The minimum absolute atomic E-state index is 0.0942. The normalized spacial score (nSPS) is 25.0. The van der Waals surface area contributed by atoms with Crippen LogP contribution in [0.3, 0.4) is 0 Å². The monoisotopic (exact) mass is 500 g/mol. The smallest absolute Gasteiger partial charge is 0.245 e. The van der Waals surface area contributed by atoms with Crippen LogP contribution >= 0.6 is 23.1 Å². The van der Waals surface area contributed by atoms with Gasteiger partial charge in [0, 0.05) is 40.8 Å². The van der Waals surface area contributed by atoms with Crippen molar-refractivity contribution in [2.24, 2.45) is 5.92 Å². The van der Waals surface area contributed by atoms with E-state index in [1.165, 1.54) is 11.3 Å². The van der Waals surface area contributed by atoms with Crippen molar-refractivity contribution >= 4 is 40.6 Å². The Kier molecular flexibility index (Phi) is 7.58. The Morgan fingerprint density at radius 1 is 1.09 bits per heavy atom. The zero-order valence-electron chi connectivity index (χ0n) is 19.3. The minimum Gasteiger partial charge on any atom is -0.350 e. The van der Waals surface area contributed by atoms with Crippen LogP contribution in [0.4, 0.5) is 5.69 Å². The second kappa shape index (κ2) is 10.8. The van der Waals surface area contributed by atoms with E-state index in [1.807, 2.05) is 30.0 Å². The number of hydrogen-bond donors (Lipinski definition) is 2. The van der Waals surface area contributed by atoms with Crippen molar-refractivity contribution < 1.29 is 19.2 Å². The van der Waals surface area contributed by atoms with Crippen LogP contribution < -0.4 is 10.8 Å². The highest BCUT2D eigenvalue weighted by Crippen LogP contribution is 2.51. The average Bonchev–Trinajstić information content (AvgIpc) is 3.60. The molecule has 3 aliphatic rings. The zero-order chi connectivity index (χ0) is 23.4. The largest absolute Gasteiger partial charge is 0.350 e. The van der Waals surface area contributed by atoms with Crippen molar-refractivity contribution in [1.29, 1.82) is 0 Å². The Balaban J connectivity index is 1.28. The molecule has 1 aromatic heterocycles. The fourth-order valence-corrected chi connectivity index (χ4v) is 7.47. The van der Waals surface area contributed by atoms with Crippen LogP contribution in [-0.2, 0) is 23.9 Å². The van der Waals surface area contributed by atoms with Gasteiger partial charge >= 0.3 is 0 Å². The molecule has 1 aliphatic carbocycles. The number of carbonyl (C=O) groups excluding carboxylic acids is 2. The van der Waals surface area contributed by atoms with Gasteiger partial charge in [0.05, 0.1) is 4.75 Å². The quantitative estimate of drug-likeness (QED) is 0.445. The van der Waals surface area contributed by atoms with Crippen molar-refractivity contribution in [3.63, 3.8) is 0 Å². The molecule has 2 saturated heterocycles. The number of anilines is 1. The molecule has 8 heteroatoms. The predicted molar refractivity (Wildman–Crippen MR) is 137 cm³/mol. The van der Waals surface area contributed by atoms with E-state index >= 15 is 0 Å². The standard InChI is InChI=1S/C26H32N2O4S2/c29-23(28-32-24-8-1-3-14-31-24)17-26(13-2-4-15-33-26)22-12-11-21(34-22)19-6-5-7-20(16-19)27-25(30)18-9-10-18/h5-7,11-12,16,18,24H,1-4,8-10,13-15,17H2,(H,27,30)(H,28,29)/t24?,26-/m0/s1. The maximum absolute atomic E-state index is 12.9. The first-order valence-corrected chi connectivity index (χ1v) is 14.1. The Morgan fingerprint density at radius 2 is 2.00 bits per heavy atom. The summed E-state index contributed by atoms with van der Waals surface area (Å²) in [6.45, 7) is 0.684. The van der Waals surface area contributed by atoms with Crippen LogP contribution in [0.2, 0.25) is 0 Å². The number of rotatable bonds is 8. The number of thiophene rings is 1. The molecule has 3 fully saturated rings. The lowest BCUT2D eigenvalue weighted by molar-refractivity contribution is -0.200. The molecule has 2 amide bonds. The third-order valence-electron chi connectivity index (χ3n) is 6.66. The number of hydrogen-bond acceptors (Lipinski definition) is 6. The van der Waals surface area contributed by atoms with Gasteiger partial charge in [-0.2, -0.15) is 0 Å². The van der Waals surface area contributed by atoms with Gasteiger partial charge in [-0.1, -0.05) is 18.6 Å². The van der Waals surface area contributed by atoms with Gasteiger partial charge in [0.1, 0.15) is 0 Å². The lowest BCUT2D eigenvalue weighted by Gasteiger charge is -2.35. The highest BCUT2D eigenvalue weighted by atomic mass is 32.2. The van der Waals surface area contributed by atoms with Gasteiger partial charge < -0.3 is 10.1 Å². The van der Waals surface area contributed by atoms with Gasteiger partial charge in [0.25, 0.3) is 0 Å². The lowest BCUT2D eigenvalue weighted by atomic mass is 9.94. The Hall–Kier alpha value is -1.87. The van der Waals surface area contributed by atoms with Gasteiger partial charge in [-0.15, -0.1) is 23.1 Å². The van der Waals surface area contributed by atoms with Crippen molar-refractivity contribution in [2.45, 2.75) is 68.8 Å². The summed E-state index contributed by atoms with van der Waals surface area (Å²) >= 11 is 3.64. The summed E-state index contributed by atoms with van der Waals surface area (Å²) in [4.78, 5) is 33.0. The van der Waals surface area contributed by atoms with E-state index in [1.54, 1.807) is 11.3 Å². The molecule has 0 bridgehead atoms. The number of benzene rings is 1. The van der Waals surface area contributed by atoms with E-state index in [9.17, 15) is 9.59 Å². The summed E-state index contributed by atoms with van der Waals surface area (Å²) in [5.41, 5.74) is 4.59. The fourth-order valence-electron chi connectivity index (χ4n) is 4.58. The first kappa shape index (κ1) is 23.9. The lowest BCUT2D eigenvalue weighted by Crippen LogP contribution is -2.37. The molecule has 2 N–H and O–H groups in total. The molecule has 0 radical (unpaired) electrons. The summed E-state index contributed by atoms with van der Waals surface area (Å²) in [6.07, 6.45) is 8.22. The first-order valence-electron chi connectivity index (χ1n) is 12.3. The van der Waals surface area contributed by atoms with Gasteiger partial charge in [0.2, 0.25) is 11.8 Å². The molecule has 1 aromatic carbocycles. The van der Waals surface area contributed by atoms with Crippen molar-refractivity contribution in [3.05, 3.63) is 41.3 Å². The molecule has 2 aliphatic heterocycles. The van der Waals surface area contributed by atoms with Gasteiger partial charge in [-0.25, -0.2) is 10.3 Å². The van der Waals surface area contributed by atoms with Crippen LogP contribution in [0, 0.1) is 5.92 Å². The van der Waals surface area contributed by atoms with Crippen molar-refractivity contribution in [2.75, 3.05) is 17.7 Å². The molecule has 5 rings (SSSR count). The number of thioether (sulfide) groups is 1. The van der Waals surface area contributed by atoms with Gasteiger partial charge in [-0.05, 0) is 74.1 Å². The number of hydroxylamine groups is 1. The molecule has 3 heterocycles. The molecule has 1 unspecified atom stereocenters. The van der Waals surface area contributed by atoms with E-state index in [0.29, 0.717) is 13.0 Å². The second-order valence-corrected chi connectivity index (χ2v) is 12.0. The van der Waals surface area contributed by atoms with E-state index in [0.717, 1.165) is 66.8 Å². The third-order valence-corrected chi connectivity index (χ3v) is 9.74. The van der Waals surface area contributed by atoms with Crippen molar-refractivity contribution in [1.82, 2.24) is 5.48 Å². The van der Waals surface area contributed by atoms with E-state index in [2.05, 4.69) is 29.0 Å². The number of nitrogens with one attached hydrogen (secondary N) is 2. The molecule has 2 aromatic rings. The van der Waals surface area contributed by atoms with Crippen LogP contribution in [0.1, 0.15) is 62.7 Å². The summed E-state index contributed by atoms with van der Waals surface area (Å²) in [5.74, 6) is 1.26. The zero-order valence-corrected chi connectivity index (χ0v) is 21.0. The van der Waals surface area contributed by atoms with Crippen LogP contribution in [0.15, 0.2) is 36.4 Å². The second-order valence-electron chi connectivity index (χ2n) is 9.42.